The van der Waals surface area contributed by atoms with Crippen LogP contribution in [0.5, 0.6) is 0 Å². The number of nitrogens with one attached hydrogen (secondary N) is 2. The third-order valence-corrected chi connectivity index (χ3v) is 2.40. The highest BCUT2D eigenvalue weighted by molar-refractivity contribution is 6.31. The fourth-order valence-corrected chi connectivity index (χ4v) is 1.51. The minimum absolute atomic E-state index is 0.0238. The molecule has 2 rings (SSSR count). The van der Waals surface area contributed by atoms with E-state index < -0.39 is 5.82 Å². The number of amides is 1. The second-order valence-electron chi connectivity index (χ2n) is 3.43. The van der Waals surface area contributed by atoms with Crippen LogP contribution in [0.15, 0.2) is 30.7 Å². The zero-order chi connectivity index (χ0) is 12.3. The number of nitrogens with zero attached hydrogens (tertiary/aromatic N) is 1. The number of H-pyrrole nitrogens is 1. The van der Waals surface area contributed by atoms with E-state index >= 15 is 0 Å². The molecule has 4 nitrogen and oxygen atoms in total. The number of benzene rings is 1. The first-order valence-electron chi connectivity index (χ1n) is 4.87. The van der Waals surface area contributed by atoms with E-state index in [2.05, 4.69) is 15.3 Å². The van der Waals surface area contributed by atoms with Gasteiger partial charge >= 0.3 is 0 Å². The molecular formula is C11H9ClFN3O. The van der Waals surface area contributed by atoms with Crippen molar-refractivity contribution in [3.05, 3.63) is 47.3 Å². The number of imidazole rings is 1. The summed E-state index contributed by atoms with van der Waals surface area (Å²) < 4.78 is 12.9. The van der Waals surface area contributed by atoms with Gasteiger partial charge in [0.1, 0.15) is 5.82 Å². The van der Waals surface area contributed by atoms with Gasteiger partial charge in [-0.25, -0.2) is 9.37 Å². The van der Waals surface area contributed by atoms with Crippen molar-refractivity contribution in [2.24, 2.45) is 0 Å². The van der Waals surface area contributed by atoms with E-state index in [0.717, 1.165) is 0 Å². The monoisotopic (exact) mass is 253 g/mol. The van der Waals surface area contributed by atoms with Gasteiger partial charge in [-0.1, -0.05) is 11.6 Å². The van der Waals surface area contributed by atoms with Crippen molar-refractivity contribution in [2.45, 2.75) is 6.42 Å². The zero-order valence-corrected chi connectivity index (χ0v) is 9.46. The molecule has 1 aromatic carbocycles. The maximum absolute atomic E-state index is 12.9. The summed E-state index contributed by atoms with van der Waals surface area (Å²) in [6.45, 7) is 0. The van der Waals surface area contributed by atoms with Crippen molar-refractivity contribution < 1.29 is 9.18 Å². The van der Waals surface area contributed by atoms with Gasteiger partial charge in [0.15, 0.2) is 0 Å². The van der Waals surface area contributed by atoms with Crippen molar-refractivity contribution >= 4 is 23.2 Å². The van der Waals surface area contributed by atoms with E-state index in [1.54, 1.807) is 6.20 Å². The van der Waals surface area contributed by atoms with Crippen molar-refractivity contribution in [3.8, 4) is 0 Å². The molecule has 0 bridgehead atoms. The Morgan fingerprint density at radius 3 is 3.00 bits per heavy atom. The lowest BCUT2D eigenvalue weighted by atomic mass is 10.2. The molecule has 0 saturated heterocycles. The van der Waals surface area contributed by atoms with Crippen LogP contribution in [-0.4, -0.2) is 15.9 Å². The van der Waals surface area contributed by atoms with Gasteiger partial charge in [-0.05, 0) is 18.2 Å². The van der Waals surface area contributed by atoms with Crippen molar-refractivity contribution in [1.82, 2.24) is 9.97 Å². The van der Waals surface area contributed by atoms with Crippen LogP contribution in [-0.2, 0) is 11.2 Å². The number of aromatic amines is 1. The van der Waals surface area contributed by atoms with Gasteiger partial charge in [-0.2, -0.15) is 0 Å². The summed E-state index contributed by atoms with van der Waals surface area (Å²) in [5.74, 6) is -0.741. The first kappa shape index (κ1) is 11.6. The molecule has 0 aliphatic heterocycles. The Kier molecular flexibility index (Phi) is 3.39. The highest BCUT2D eigenvalue weighted by Crippen LogP contribution is 2.19. The highest BCUT2D eigenvalue weighted by atomic mass is 35.5. The van der Waals surface area contributed by atoms with Crippen LogP contribution in [0.25, 0.3) is 0 Å². The molecule has 88 valence electrons. The fraction of sp³-hybridized carbons (Fsp3) is 0.0909. The summed E-state index contributed by atoms with van der Waals surface area (Å²) in [5.41, 5.74) is 1.16. The standard InChI is InChI=1S/C11H9ClFN3O/c12-9-3-7(1-2-10(9)13)16-11(17)4-8-5-14-6-15-8/h1-3,5-6H,4H2,(H,14,15)(H,16,17). The molecule has 1 heterocycles. The Hall–Kier alpha value is -1.88. The van der Waals surface area contributed by atoms with Gasteiger partial charge in [0.25, 0.3) is 0 Å². The number of hydrogen-bond donors (Lipinski definition) is 2. The number of halogens is 2. The number of aromatic nitrogens is 2. The number of carbonyl (C=O) groups excluding carboxylic acids is 1. The number of anilines is 1. The van der Waals surface area contributed by atoms with E-state index in [1.807, 2.05) is 0 Å². The van der Waals surface area contributed by atoms with E-state index in [1.165, 1.54) is 24.5 Å². The number of carbonyl (C=O) groups is 1. The van der Waals surface area contributed by atoms with E-state index in [4.69, 9.17) is 11.6 Å². The third-order valence-electron chi connectivity index (χ3n) is 2.11. The SMILES string of the molecule is O=C(Cc1cnc[nH]1)Nc1ccc(F)c(Cl)c1. The normalized spacial score (nSPS) is 10.2. The summed E-state index contributed by atoms with van der Waals surface area (Å²) in [5, 5.41) is 2.59. The van der Waals surface area contributed by atoms with Crippen LogP contribution in [0, 0.1) is 5.82 Å². The topological polar surface area (TPSA) is 57.8 Å². The predicted octanol–water partition coefficient (Wildman–Crippen LogP) is 2.38. The average molecular weight is 254 g/mol. The Balaban J connectivity index is 2.00. The van der Waals surface area contributed by atoms with Gasteiger partial charge in [-0.3, -0.25) is 4.79 Å². The minimum atomic E-state index is -0.516. The lowest BCUT2D eigenvalue weighted by Crippen LogP contribution is -2.14. The van der Waals surface area contributed by atoms with E-state index in [-0.39, 0.29) is 17.4 Å². The van der Waals surface area contributed by atoms with Crippen LogP contribution in [0.4, 0.5) is 10.1 Å². The van der Waals surface area contributed by atoms with Crippen LogP contribution in [0.2, 0.25) is 5.02 Å². The third kappa shape index (κ3) is 3.04. The van der Waals surface area contributed by atoms with E-state index in [9.17, 15) is 9.18 Å². The molecule has 1 amide bonds. The molecule has 0 saturated carbocycles. The lowest BCUT2D eigenvalue weighted by Gasteiger charge is -2.04. The van der Waals surface area contributed by atoms with Crippen LogP contribution in [0.1, 0.15) is 5.69 Å². The molecule has 0 aliphatic rings. The van der Waals surface area contributed by atoms with E-state index in [0.29, 0.717) is 11.4 Å². The summed E-state index contributed by atoms with van der Waals surface area (Å²) in [6.07, 6.45) is 3.24. The first-order valence-corrected chi connectivity index (χ1v) is 5.25. The Bertz CT molecular complexity index is 528. The molecular weight excluding hydrogens is 245 g/mol. The van der Waals surface area contributed by atoms with Gasteiger partial charge < -0.3 is 10.3 Å². The molecule has 1 aromatic heterocycles. The largest absolute Gasteiger partial charge is 0.348 e. The van der Waals surface area contributed by atoms with Gasteiger partial charge in [0.2, 0.25) is 5.91 Å². The predicted molar refractivity (Wildman–Crippen MR) is 62.3 cm³/mol. The minimum Gasteiger partial charge on any atom is -0.348 e. The first-order chi connectivity index (χ1) is 8.15. The second-order valence-corrected chi connectivity index (χ2v) is 3.84. The fourth-order valence-electron chi connectivity index (χ4n) is 1.33. The van der Waals surface area contributed by atoms with Crippen molar-refractivity contribution in [3.63, 3.8) is 0 Å². The summed E-state index contributed by atoms with van der Waals surface area (Å²) in [6, 6.07) is 4.02. The molecule has 2 N–H and O–H groups in total. The second kappa shape index (κ2) is 4.97. The molecule has 0 spiro atoms. The quantitative estimate of drug-likeness (QED) is 0.882. The Morgan fingerprint density at radius 2 is 2.35 bits per heavy atom. The Labute approximate surface area is 102 Å². The molecule has 2 aromatic rings. The van der Waals surface area contributed by atoms with Gasteiger partial charge in [0.05, 0.1) is 17.8 Å². The number of rotatable bonds is 3. The lowest BCUT2D eigenvalue weighted by molar-refractivity contribution is -0.115. The summed E-state index contributed by atoms with van der Waals surface area (Å²) in [4.78, 5) is 18.2. The highest BCUT2D eigenvalue weighted by Gasteiger charge is 2.06. The average Bonchev–Trinajstić information content (AvgIpc) is 2.76. The van der Waals surface area contributed by atoms with Gasteiger partial charge in [-0.15, -0.1) is 0 Å². The summed E-state index contributed by atoms with van der Waals surface area (Å²) in [7, 11) is 0. The molecule has 0 fully saturated rings. The molecule has 0 unspecified atom stereocenters. The molecule has 6 heteroatoms. The van der Waals surface area contributed by atoms with Crippen molar-refractivity contribution in [2.75, 3.05) is 5.32 Å². The maximum atomic E-state index is 12.9. The zero-order valence-electron chi connectivity index (χ0n) is 8.71. The van der Waals surface area contributed by atoms with Crippen molar-refractivity contribution in [1.29, 1.82) is 0 Å². The van der Waals surface area contributed by atoms with Crippen LogP contribution in [0.3, 0.4) is 0 Å². The van der Waals surface area contributed by atoms with Crippen LogP contribution >= 0.6 is 11.6 Å². The maximum Gasteiger partial charge on any atom is 0.230 e. The molecule has 17 heavy (non-hydrogen) atoms. The molecule has 0 aliphatic carbocycles. The number of hydrogen-bond acceptors (Lipinski definition) is 2. The Morgan fingerprint density at radius 1 is 1.53 bits per heavy atom. The molecule has 0 radical (unpaired) electrons. The van der Waals surface area contributed by atoms with Gasteiger partial charge in [0, 0.05) is 17.6 Å². The smallest absolute Gasteiger partial charge is 0.230 e. The molecule has 0 atom stereocenters. The summed E-state index contributed by atoms with van der Waals surface area (Å²) >= 11 is 5.60. The van der Waals surface area contributed by atoms with Crippen LogP contribution < -0.4 is 5.32 Å².